The summed E-state index contributed by atoms with van der Waals surface area (Å²) in [4.78, 5) is 18.8. The average Bonchev–Trinajstić information content (AvgIpc) is 3.10. The number of carbonyl (C=O) groups is 1. The number of fused-ring (bicyclic) bond motifs is 2. The highest BCUT2D eigenvalue weighted by molar-refractivity contribution is 5.90. The molecule has 1 saturated heterocycles. The molecule has 2 heterocycles. The number of likely N-dealkylation sites (tertiary alicyclic amines) is 1. The predicted molar refractivity (Wildman–Crippen MR) is 123 cm³/mol. The van der Waals surface area contributed by atoms with Crippen LogP contribution in [0, 0.1) is 18.8 Å². The lowest BCUT2D eigenvalue weighted by Gasteiger charge is -2.51. The summed E-state index contributed by atoms with van der Waals surface area (Å²) in [5.74, 6) is 1.52. The third-order valence-corrected chi connectivity index (χ3v) is 7.39. The summed E-state index contributed by atoms with van der Waals surface area (Å²) in [6.45, 7) is 12.1. The van der Waals surface area contributed by atoms with E-state index in [1.165, 1.54) is 16.8 Å². The van der Waals surface area contributed by atoms with E-state index in [-0.39, 0.29) is 11.4 Å². The number of piperidine rings is 1. The van der Waals surface area contributed by atoms with Crippen LogP contribution in [0.2, 0.25) is 0 Å². The second kappa shape index (κ2) is 8.70. The number of nitrogens with one attached hydrogen (secondary N) is 1. The van der Waals surface area contributed by atoms with E-state index in [2.05, 4.69) is 55.8 Å². The minimum absolute atomic E-state index is 0.0591. The number of aromatic nitrogens is 1. The maximum Gasteiger partial charge on any atom is 0.355 e. The summed E-state index contributed by atoms with van der Waals surface area (Å²) >= 11 is 0. The first-order chi connectivity index (χ1) is 14.9. The molecule has 5 heteroatoms. The molecule has 0 saturated carbocycles. The van der Waals surface area contributed by atoms with E-state index >= 15 is 0 Å². The molecule has 168 valence electrons. The van der Waals surface area contributed by atoms with E-state index in [4.69, 9.17) is 9.47 Å². The minimum atomic E-state index is -0.228. The Bertz CT molecular complexity index is 948. The molecule has 4 rings (SSSR count). The van der Waals surface area contributed by atoms with Crippen LogP contribution in [0.3, 0.4) is 0 Å². The number of benzene rings is 1. The molecule has 2 aliphatic rings. The number of ether oxygens (including phenoxy) is 2. The summed E-state index contributed by atoms with van der Waals surface area (Å²) in [6, 6.07) is 8.60. The molecule has 2 atom stereocenters. The van der Waals surface area contributed by atoms with Gasteiger partial charge in [-0.3, -0.25) is 0 Å². The molecule has 0 spiro atoms. The van der Waals surface area contributed by atoms with Crippen molar-refractivity contribution in [3.8, 4) is 5.75 Å². The van der Waals surface area contributed by atoms with Gasteiger partial charge in [0.2, 0.25) is 0 Å². The molecule has 0 radical (unpaired) electrons. The molecule has 1 aromatic heterocycles. The molecule has 31 heavy (non-hydrogen) atoms. The SMILES string of the molecule is CCN1CCC2(c3cccc(OC)c3)Cc3[nH]c(C(=O)OCC(C)C)c(C)c3CC2C1. The number of aromatic amines is 1. The van der Waals surface area contributed by atoms with Gasteiger partial charge in [0.1, 0.15) is 11.4 Å². The van der Waals surface area contributed by atoms with E-state index in [9.17, 15) is 4.79 Å². The number of hydrogen-bond donors (Lipinski definition) is 1. The first kappa shape index (κ1) is 21.9. The molecule has 1 fully saturated rings. The third kappa shape index (κ3) is 4.00. The van der Waals surface area contributed by atoms with Crippen LogP contribution in [0.15, 0.2) is 24.3 Å². The van der Waals surface area contributed by atoms with Gasteiger partial charge in [-0.15, -0.1) is 0 Å². The third-order valence-electron chi connectivity index (χ3n) is 7.39. The van der Waals surface area contributed by atoms with Crippen molar-refractivity contribution in [2.24, 2.45) is 11.8 Å². The van der Waals surface area contributed by atoms with Gasteiger partial charge in [-0.05, 0) is 79.9 Å². The molecule has 1 aliphatic heterocycles. The first-order valence-electron chi connectivity index (χ1n) is 11.6. The fourth-order valence-electron chi connectivity index (χ4n) is 5.54. The highest BCUT2D eigenvalue weighted by atomic mass is 16.5. The van der Waals surface area contributed by atoms with Gasteiger partial charge in [0.15, 0.2) is 0 Å². The number of hydrogen-bond acceptors (Lipinski definition) is 4. The fraction of sp³-hybridized carbons (Fsp3) is 0.577. The Kier molecular flexibility index (Phi) is 6.16. The summed E-state index contributed by atoms with van der Waals surface area (Å²) in [5.41, 5.74) is 5.64. The molecular formula is C26H36N2O3. The van der Waals surface area contributed by atoms with Crippen molar-refractivity contribution in [2.45, 2.75) is 52.4 Å². The lowest BCUT2D eigenvalue weighted by Crippen LogP contribution is -2.53. The second-order valence-electron chi connectivity index (χ2n) is 9.68. The Morgan fingerprint density at radius 2 is 2.16 bits per heavy atom. The van der Waals surface area contributed by atoms with E-state index < -0.39 is 0 Å². The van der Waals surface area contributed by atoms with Gasteiger partial charge in [-0.2, -0.15) is 0 Å². The zero-order chi connectivity index (χ0) is 22.2. The lowest BCUT2D eigenvalue weighted by molar-refractivity contribution is 0.0451. The summed E-state index contributed by atoms with van der Waals surface area (Å²) in [5, 5.41) is 0. The zero-order valence-electron chi connectivity index (χ0n) is 19.6. The molecule has 0 amide bonds. The van der Waals surface area contributed by atoms with Crippen LogP contribution in [-0.2, 0) is 23.0 Å². The van der Waals surface area contributed by atoms with Crippen LogP contribution in [-0.4, -0.2) is 49.2 Å². The van der Waals surface area contributed by atoms with Crippen LogP contribution in [0.4, 0.5) is 0 Å². The topological polar surface area (TPSA) is 54.6 Å². The van der Waals surface area contributed by atoms with Crippen molar-refractivity contribution >= 4 is 5.97 Å². The van der Waals surface area contributed by atoms with E-state index in [1.807, 2.05) is 6.07 Å². The minimum Gasteiger partial charge on any atom is -0.497 e. The van der Waals surface area contributed by atoms with Gasteiger partial charge < -0.3 is 19.4 Å². The van der Waals surface area contributed by atoms with Crippen molar-refractivity contribution in [3.63, 3.8) is 0 Å². The van der Waals surface area contributed by atoms with Crippen molar-refractivity contribution in [1.82, 2.24) is 9.88 Å². The molecule has 0 bridgehead atoms. The van der Waals surface area contributed by atoms with Crippen LogP contribution < -0.4 is 4.74 Å². The highest BCUT2D eigenvalue weighted by Crippen LogP contribution is 2.49. The van der Waals surface area contributed by atoms with Crippen LogP contribution in [0.5, 0.6) is 5.75 Å². The standard InChI is InChI=1S/C26H36N2O3/c1-6-28-11-10-26(19-8-7-9-21(12-19)30-5)14-23-22(13-20(26)15-28)18(4)24(27-23)25(29)31-16-17(2)3/h7-9,12,17,20,27H,6,10-11,13-16H2,1-5H3. The van der Waals surface area contributed by atoms with Crippen molar-refractivity contribution in [1.29, 1.82) is 0 Å². The van der Waals surface area contributed by atoms with Crippen molar-refractivity contribution in [3.05, 3.63) is 52.3 Å². The van der Waals surface area contributed by atoms with Gasteiger partial charge in [-0.25, -0.2) is 4.79 Å². The molecule has 1 aromatic carbocycles. The number of rotatable bonds is 6. The van der Waals surface area contributed by atoms with E-state index in [0.29, 0.717) is 24.1 Å². The van der Waals surface area contributed by atoms with Crippen molar-refractivity contribution < 1.29 is 14.3 Å². The Morgan fingerprint density at radius 3 is 2.87 bits per heavy atom. The lowest BCUT2D eigenvalue weighted by atomic mass is 9.58. The molecular weight excluding hydrogens is 388 g/mol. The summed E-state index contributed by atoms with van der Waals surface area (Å²) in [7, 11) is 1.73. The number of H-pyrrole nitrogens is 1. The Morgan fingerprint density at radius 1 is 1.35 bits per heavy atom. The van der Waals surface area contributed by atoms with E-state index in [0.717, 1.165) is 50.2 Å². The molecule has 1 aliphatic carbocycles. The van der Waals surface area contributed by atoms with Gasteiger partial charge in [0.05, 0.1) is 13.7 Å². The maximum atomic E-state index is 12.8. The zero-order valence-corrected chi connectivity index (χ0v) is 19.6. The maximum absolute atomic E-state index is 12.8. The average molecular weight is 425 g/mol. The monoisotopic (exact) mass is 424 g/mol. The second-order valence-corrected chi connectivity index (χ2v) is 9.68. The fourth-order valence-corrected chi connectivity index (χ4v) is 5.54. The Labute approximate surface area is 186 Å². The largest absolute Gasteiger partial charge is 0.497 e. The van der Waals surface area contributed by atoms with Crippen LogP contribution >= 0.6 is 0 Å². The highest BCUT2D eigenvalue weighted by Gasteiger charge is 2.48. The number of carbonyl (C=O) groups excluding carboxylic acids is 1. The number of esters is 1. The first-order valence-corrected chi connectivity index (χ1v) is 11.6. The van der Waals surface area contributed by atoms with Crippen LogP contribution in [0.25, 0.3) is 0 Å². The van der Waals surface area contributed by atoms with Crippen LogP contribution in [0.1, 0.15) is 60.1 Å². The normalized spacial score (nSPS) is 23.4. The van der Waals surface area contributed by atoms with Gasteiger partial charge >= 0.3 is 5.97 Å². The predicted octanol–water partition coefficient (Wildman–Crippen LogP) is 4.52. The smallest absolute Gasteiger partial charge is 0.355 e. The molecule has 1 N–H and O–H groups in total. The molecule has 5 nitrogen and oxygen atoms in total. The number of methoxy groups -OCH3 is 1. The van der Waals surface area contributed by atoms with E-state index in [1.54, 1.807) is 7.11 Å². The van der Waals surface area contributed by atoms with Gasteiger partial charge in [0.25, 0.3) is 0 Å². The van der Waals surface area contributed by atoms with Crippen molar-refractivity contribution in [2.75, 3.05) is 33.4 Å². The Balaban J connectivity index is 1.72. The molecule has 2 aromatic rings. The Hall–Kier alpha value is -2.27. The number of nitrogens with zero attached hydrogens (tertiary/aromatic N) is 1. The quantitative estimate of drug-likeness (QED) is 0.693. The van der Waals surface area contributed by atoms with Gasteiger partial charge in [0, 0.05) is 17.7 Å². The van der Waals surface area contributed by atoms with Gasteiger partial charge in [-0.1, -0.05) is 32.9 Å². The molecule has 2 unspecified atom stereocenters. The summed E-state index contributed by atoms with van der Waals surface area (Å²) in [6.07, 6.45) is 3.03. The summed E-state index contributed by atoms with van der Waals surface area (Å²) < 4.78 is 11.1.